The van der Waals surface area contributed by atoms with Crippen molar-refractivity contribution in [2.45, 2.75) is 62.4 Å². The van der Waals surface area contributed by atoms with E-state index >= 15 is 0 Å². The Morgan fingerprint density at radius 1 is 1.19 bits per heavy atom. The molecular formula is C23H28ClN3O3S. The number of rotatable bonds is 9. The van der Waals surface area contributed by atoms with Gasteiger partial charge in [-0.15, -0.1) is 10.2 Å². The Morgan fingerprint density at radius 3 is 2.68 bits per heavy atom. The maximum absolute atomic E-state index is 10.5. The Hall–Kier alpha value is -1.80. The fourth-order valence-electron chi connectivity index (χ4n) is 3.92. The van der Waals surface area contributed by atoms with Gasteiger partial charge in [-0.05, 0) is 49.6 Å². The maximum Gasteiger partial charge on any atom is 0.200 e. The molecule has 2 aromatic heterocycles. The minimum absolute atomic E-state index is 0.117. The average molecular weight is 462 g/mol. The van der Waals surface area contributed by atoms with Crippen LogP contribution in [0.2, 0.25) is 5.02 Å². The Kier molecular flexibility index (Phi) is 7.72. The molecule has 0 saturated heterocycles. The number of furan rings is 1. The van der Waals surface area contributed by atoms with E-state index in [0.29, 0.717) is 16.8 Å². The second-order valence-electron chi connectivity index (χ2n) is 7.94. The minimum Gasteiger partial charge on any atom is -0.461 e. The van der Waals surface area contributed by atoms with Crippen molar-refractivity contribution in [1.82, 2.24) is 14.8 Å². The third-order valence-electron chi connectivity index (χ3n) is 5.63. The topological polar surface area (TPSA) is 73.3 Å². The number of halogens is 1. The Labute approximate surface area is 192 Å². The van der Waals surface area contributed by atoms with Crippen LogP contribution in [0, 0.1) is 0 Å². The van der Waals surface area contributed by atoms with Crippen LogP contribution in [0.5, 0.6) is 0 Å². The van der Waals surface area contributed by atoms with E-state index in [1.165, 1.54) is 31.0 Å². The molecule has 2 heterocycles. The van der Waals surface area contributed by atoms with Crippen LogP contribution in [0.4, 0.5) is 0 Å². The number of aromatic nitrogens is 3. The second-order valence-corrected chi connectivity index (χ2v) is 9.36. The van der Waals surface area contributed by atoms with Crippen LogP contribution in [-0.4, -0.2) is 38.3 Å². The zero-order chi connectivity index (χ0) is 21.6. The predicted octanol–water partition coefficient (Wildman–Crippen LogP) is 5.93. The lowest BCUT2D eigenvalue weighted by atomic mass is 9.95. The lowest BCUT2D eigenvalue weighted by molar-refractivity contribution is 0.00620. The molecular weight excluding hydrogens is 434 g/mol. The number of aliphatic hydroxyl groups is 1. The lowest BCUT2D eigenvalue weighted by Gasteiger charge is -2.25. The first-order chi connectivity index (χ1) is 15.1. The normalized spacial score (nSPS) is 17.0. The highest BCUT2D eigenvalue weighted by Crippen LogP contribution is 2.35. The van der Waals surface area contributed by atoms with Gasteiger partial charge in [0.2, 0.25) is 5.82 Å². The molecule has 2 unspecified atom stereocenters. The van der Waals surface area contributed by atoms with Crippen LogP contribution in [0.15, 0.2) is 52.2 Å². The molecule has 4 rings (SSSR count). The van der Waals surface area contributed by atoms with Gasteiger partial charge in [-0.3, -0.25) is 4.57 Å². The lowest BCUT2D eigenvalue weighted by Crippen LogP contribution is -2.20. The Bertz CT molecular complexity index is 940. The van der Waals surface area contributed by atoms with Crippen molar-refractivity contribution in [2.75, 3.05) is 12.4 Å². The SMILES string of the molecule is CC(OCC(O)CSc1nnc(-c2ccco2)n1C1CCCCC1)c1ccc(Cl)cc1. The molecule has 0 spiro atoms. The molecule has 0 amide bonds. The Balaban J connectivity index is 1.38. The number of nitrogens with zero attached hydrogens (tertiary/aromatic N) is 3. The van der Waals surface area contributed by atoms with Crippen LogP contribution in [0.25, 0.3) is 11.6 Å². The summed E-state index contributed by atoms with van der Waals surface area (Å²) in [5.41, 5.74) is 1.03. The fraction of sp³-hybridized carbons (Fsp3) is 0.478. The van der Waals surface area contributed by atoms with Gasteiger partial charge in [0.1, 0.15) is 0 Å². The highest BCUT2D eigenvalue weighted by Gasteiger charge is 2.25. The monoisotopic (exact) mass is 461 g/mol. The molecule has 31 heavy (non-hydrogen) atoms. The highest BCUT2D eigenvalue weighted by molar-refractivity contribution is 7.99. The summed E-state index contributed by atoms with van der Waals surface area (Å²) in [7, 11) is 0. The summed E-state index contributed by atoms with van der Waals surface area (Å²) in [6, 6.07) is 11.7. The van der Waals surface area contributed by atoms with Gasteiger partial charge in [0.15, 0.2) is 10.9 Å². The summed E-state index contributed by atoms with van der Waals surface area (Å²) in [5, 5.41) is 20.8. The average Bonchev–Trinajstić information content (AvgIpc) is 3.47. The summed E-state index contributed by atoms with van der Waals surface area (Å²) in [4.78, 5) is 0. The summed E-state index contributed by atoms with van der Waals surface area (Å²) in [6.45, 7) is 2.22. The first-order valence-electron chi connectivity index (χ1n) is 10.8. The molecule has 1 aromatic carbocycles. The summed E-state index contributed by atoms with van der Waals surface area (Å²) >= 11 is 7.46. The van der Waals surface area contributed by atoms with E-state index in [1.54, 1.807) is 6.26 Å². The van der Waals surface area contributed by atoms with Crippen molar-refractivity contribution in [3.63, 3.8) is 0 Å². The molecule has 1 aliphatic carbocycles. The molecule has 3 aromatic rings. The number of hydrogen-bond acceptors (Lipinski definition) is 6. The third kappa shape index (κ3) is 5.71. The number of benzene rings is 1. The molecule has 1 N–H and O–H groups in total. The van der Waals surface area contributed by atoms with Crippen molar-refractivity contribution in [3.05, 3.63) is 53.2 Å². The first kappa shape index (κ1) is 22.4. The third-order valence-corrected chi connectivity index (χ3v) is 6.97. The summed E-state index contributed by atoms with van der Waals surface area (Å²) < 4.78 is 13.7. The number of hydrogen-bond donors (Lipinski definition) is 1. The van der Waals surface area contributed by atoms with Crippen LogP contribution >= 0.6 is 23.4 Å². The molecule has 0 radical (unpaired) electrons. The summed E-state index contributed by atoms with van der Waals surface area (Å²) in [5.74, 6) is 1.98. The molecule has 6 nitrogen and oxygen atoms in total. The Morgan fingerprint density at radius 2 is 1.97 bits per heavy atom. The van der Waals surface area contributed by atoms with Crippen LogP contribution in [0.3, 0.4) is 0 Å². The smallest absolute Gasteiger partial charge is 0.200 e. The van der Waals surface area contributed by atoms with Gasteiger partial charge >= 0.3 is 0 Å². The van der Waals surface area contributed by atoms with E-state index in [2.05, 4.69) is 14.8 Å². The van der Waals surface area contributed by atoms with Gasteiger partial charge in [0.05, 0.1) is 25.1 Å². The molecule has 166 valence electrons. The molecule has 0 aliphatic heterocycles. The summed E-state index contributed by atoms with van der Waals surface area (Å²) in [6.07, 6.45) is 6.86. The molecule has 2 atom stereocenters. The zero-order valence-corrected chi connectivity index (χ0v) is 19.2. The van der Waals surface area contributed by atoms with Crippen molar-refractivity contribution in [3.8, 4) is 11.6 Å². The van der Waals surface area contributed by atoms with Gasteiger partial charge in [0, 0.05) is 16.8 Å². The van der Waals surface area contributed by atoms with Crippen molar-refractivity contribution in [2.24, 2.45) is 0 Å². The zero-order valence-electron chi connectivity index (χ0n) is 17.6. The standard InChI is InChI=1S/C23H28ClN3O3S/c1-16(17-9-11-18(24)12-10-17)30-14-20(28)15-31-23-26-25-22(21-8-5-13-29-21)27(23)19-6-3-2-4-7-19/h5,8-13,16,19-20,28H,2-4,6-7,14-15H2,1H3. The predicted molar refractivity (Wildman–Crippen MR) is 122 cm³/mol. The van der Waals surface area contributed by atoms with E-state index < -0.39 is 6.10 Å². The minimum atomic E-state index is -0.608. The van der Waals surface area contributed by atoms with Gasteiger partial charge < -0.3 is 14.3 Å². The quantitative estimate of drug-likeness (QED) is 0.398. The van der Waals surface area contributed by atoms with Crippen LogP contribution < -0.4 is 0 Å². The van der Waals surface area contributed by atoms with Gasteiger partial charge in [0.25, 0.3) is 0 Å². The fourth-order valence-corrected chi connectivity index (χ4v) is 4.96. The van der Waals surface area contributed by atoms with E-state index in [-0.39, 0.29) is 12.7 Å². The van der Waals surface area contributed by atoms with E-state index in [0.717, 1.165) is 35.1 Å². The van der Waals surface area contributed by atoms with Gasteiger partial charge in [-0.2, -0.15) is 0 Å². The largest absolute Gasteiger partial charge is 0.461 e. The molecule has 8 heteroatoms. The van der Waals surface area contributed by atoms with Crippen molar-refractivity contribution < 1.29 is 14.3 Å². The number of ether oxygens (including phenoxy) is 1. The highest BCUT2D eigenvalue weighted by atomic mass is 35.5. The molecule has 1 aliphatic rings. The van der Waals surface area contributed by atoms with E-state index in [1.807, 2.05) is 43.3 Å². The number of aliphatic hydroxyl groups excluding tert-OH is 1. The van der Waals surface area contributed by atoms with Crippen LogP contribution in [0.1, 0.15) is 56.7 Å². The number of thioether (sulfide) groups is 1. The van der Waals surface area contributed by atoms with E-state index in [4.69, 9.17) is 20.8 Å². The molecule has 0 bridgehead atoms. The maximum atomic E-state index is 10.5. The van der Waals surface area contributed by atoms with Crippen molar-refractivity contribution >= 4 is 23.4 Å². The second kappa shape index (κ2) is 10.7. The van der Waals surface area contributed by atoms with Gasteiger partial charge in [-0.1, -0.05) is 54.8 Å². The van der Waals surface area contributed by atoms with Crippen molar-refractivity contribution in [1.29, 1.82) is 0 Å². The van der Waals surface area contributed by atoms with Crippen LogP contribution in [-0.2, 0) is 4.74 Å². The first-order valence-corrected chi connectivity index (χ1v) is 12.1. The molecule has 1 fully saturated rings. The van der Waals surface area contributed by atoms with E-state index in [9.17, 15) is 5.11 Å². The van der Waals surface area contributed by atoms with Gasteiger partial charge in [-0.25, -0.2) is 0 Å². The molecule has 1 saturated carbocycles.